The van der Waals surface area contributed by atoms with E-state index in [1.807, 2.05) is 20.8 Å². The Morgan fingerprint density at radius 3 is 2.29 bits per heavy atom. The monoisotopic (exact) mass is 240 g/mol. The molecule has 0 heterocycles. The van der Waals surface area contributed by atoms with Crippen molar-refractivity contribution in [2.24, 2.45) is 23.2 Å². The van der Waals surface area contributed by atoms with Crippen molar-refractivity contribution in [3.63, 3.8) is 0 Å². The third kappa shape index (κ3) is 4.01. The molecule has 1 aliphatic rings. The molecular weight excluding hydrogens is 212 g/mol. The van der Waals surface area contributed by atoms with E-state index in [9.17, 15) is 4.79 Å². The topological polar surface area (TPSA) is 26.3 Å². The van der Waals surface area contributed by atoms with Crippen molar-refractivity contribution >= 4 is 5.97 Å². The van der Waals surface area contributed by atoms with Crippen LogP contribution in [0.1, 0.15) is 60.8 Å². The quantitative estimate of drug-likeness (QED) is 0.681. The van der Waals surface area contributed by atoms with Crippen LogP contribution >= 0.6 is 0 Å². The van der Waals surface area contributed by atoms with Gasteiger partial charge in [-0.15, -0.1) is 0 Å². The molecule has 1 saturated carbocycles. The summed E-state index contributed by atoms with van der Waals surface area (Å²) in [5.41, 5.74) is -0.387. The normalized spacial score (nSPS) is 30.4. The molecule has 1 aliphatic carbocycles. The highest BCUT2D eigenvalue weighted by Gasteiger charge is 2.35. The van der Waals surface area contributed by atoms with Gasteiger partial charge in [-0.05, 0) is 51.4 Å². The Morgan fingerprint density at radius 2 is 1.82 bits per heavy atom. The summed E-state index contributed by atoms with van der Waals surface area (Å²) in [6, 6.07) is 0. The lowest BCUT2D eigenvalue weighted by Crippen LogP contribution is -2.38. The second-order valence-electron chi connectivity index (χ2n) is 7.02. The third-order valence-electron chi connectivity index (χ3n) is 3.83. The van der Waals surface area contributed by atoms with Gasteiger partial charge in [0.05, 0.1) is 5.41 Å². The maximum Gasteiger partial charge on any atom is 0.311 e. The van der Waals surface area contributed by atoms with Crippen molar-refractivity contribution in [3.8, 4) is 0 Å². The van der Waals surface area contributed by atoms with E-state index in [0.29, 0.717) is 17.8 Å². The molecule has 0 bridgehead atoms. The van der Waals surface area contributed by atoms with Crippen LogP contribution in [0.3, 0.4) is 0 Å². The summed E-state index contributed by atoms with van der Waals surface area (Å²) in [6.07, 6.45) is 3.63. The lowest BCUT2D eigenvalue weighted by molar-refractivity contribution is -0.165. The number of rotatable bonds is 2. The average Bonchev–Trinajstić information content (AvgIpc) is 2.15. The molecule has 1 fully saturated rings. The smallest absolute Gasteiger partial charge is 0.311 e. The zero-order chi connectivity index (χ0) is 13.2. The molecule has 0 saturated heterocycles. The molecule has 2 nitrogen and oxygen atoms in total. The first-order valence-corrected chi connectivity index (χ1v) is 6.93. The molecule has 0 aliphatic heterocycles. The molecule has 0 spiro atoms. The van der Waals surface area contributed by atoms with Crippen LogP contribution in [0.25, 0.3) is 0 Å². The van der Waals surface area contributed by atoms with Crippen LogP contribution in [0.15, 0.2) is 0 Å². The minimum absolute atomic E-state index is 0.0535. The van der Waals surface area contributed by atoms with Crippen LogP contribution in [0.4, 0.5) is 0 Å². The van der Waals surface area contributed by atoms with Gasteiger partial charge in [-0.3, -0.25) is 4.79 Å². The predicted octanol–water partition coefficient (Wildman–Crippen LogP) is 4.04. The highest BCUT2D eigenvalue weighted by Crippen LogP contribution is 2.36. The Balaban J connectivity index is 2.67. The van der Waals surface area contributed by atoms with Crippen molar-refractivity contribution in [1.29, 1.82) is 0 Å². The maximum atomic E-state index is 12.0. The minimum Gasteiger partial charge on any atom is -0.462 e. The maximum absolute atomic E-state index is 12.0. The van der Waals surface area contributed by atoms with Gasteiger partial charge in [0.25, 0.3) is 0 Å². The molecule has 17 heavy (non-hydrogen) atoms. The lowest BCUT2D eigenvalue weighted by atomic mass is 9.75. The Bertz CT molecular complexity index is 263. The van der Waals surface area contributed by atoms with E-state index in [-0.39, 0.29) is 17.5 Å². The highest BCUT2D eigenvalue weighted by molar-refractivity contribution is 5.75. The number of esters is 1. The first kappa shape index (κ1) is 14.5. The summed E-state index contributed by atoms with van der Waals surface area (Å²) in [6.45, 7) is 12.5. The van der Waals surface area contributed by atoms with Crippen LogP contribution in [0.5, 0.6) is 0 Å². The fourth-order valence-corrected chi connectivity index (χ4v) is 2.56. The van der Waals surface area contributed by atoms with Crippen molar-refractivity contribution in [2.45, 2.75) is 66.9 Å². The molecule has 0 aromatic heterocycles. The summed E-state index contributed by atoms with van der Waals surface area (Å²) in [4.78, 5) is 12.0. The number of carbonyl (C=O) groups is 1. The average molecular weight is 240 g/mol. The predicted molar refractivity (Wildman–Crippen MR) is 70.7 cm³/mol. The van der Waals surface area contributed by atoms with Gasteiger partial charge >= 0.3 is 5.97 Å². The summed E-state index contributed by atoms with van der Waals surface area (Å²) < 4.78 is 5.76. The Morgan fingerprint density at radius 1 is 1.24 bits per heavy atom. The first-order chi connectivity index (χ1) is 7.71. The van der Waals surface area contributed by atoms with Crippen molar-refractivity contribution < 1.29 is 9.53 Å². The van der Waals surface area contributed by atoms with Crippen molar-refractivity contribution in [1.82, 2.24) is 0 Å². The van der Waals surface area contributed by atoms with Gasteiger partial charge in [-0.25, -0.2) is 0 Å². The number of hydrogen-bond donors (Lipinski definition) is 0. The van der Waals surface area contributed by atoms with Crippen molar-refractivity contribution in [2.75, 3.05) is 0 Å². The summed E-state index contributed by atoms with van der Waals surface area (Å²) in [5.74, 6) is 1.77. The number of carbonyl (C=O) groups excluding carboxylic acids is 1. The Kier molecular flexibility index (Phi) is 4.62. The van der Waals surface area contributed by atoms with Gasteiger partial charge in [0.1, 0.15) is 6.10 Å². The van der Waals surface area contributed by atoms with Gasteiger partial charge in [-0.1, -0.05) is 27.2 Å². The molecule has 0 N–H and O–H groups in total. The number of hydrogen-bond acceptors (Lipinski definition) is 2. The largest absolute Gasteiger partial charge is 0.462 e. The molecule has 0 radical (unpaired) electrons. The second-order valence-corrected chi connectivity index (χ2v) is 7.02. The number of ether oxygens (including phenoxy) is 1. The molecule has 3 atom stereocenters. The van der Waals surface area contributed by atoms with E-state index in [4.69, 9.17) is 4.74 Å². The summed E-state index contributed by atoms with van der Waals surface area (Å²) >= 11 is 0. The molecule has 100 valence electrons. The van der Waals surface area contributed by atoms with Crippen LogP contribution in [0, 0.1) is 23.2 Å². The highest BCUT2D eigenvalue weighted by atomic mass is 16.5. The molecule has 1 unspecified atom stereocenters. The van der Waals surface area contributed by atoms with Crippen molar-refractivity contribution in [3.05, 3.63) is 0 Å². The minimum atomic E-state index is -0.387. The fraction of sp³-hybridized carbons (Fsp3) is 0.933. The van der Waals surface area contributed by atoms with Crippen LogP contribution in [0.2, 0.25) is 0 Å². The molecular formula is C15H28O2. The van der Waals surface area contributed by atoms with Crippen LogP contribution < -0.4 is 0 Å². The van der Waals surface area contributed by atoms with Gasteiger partial charge in [0, 0.05) is 0 Å². The molecule has 0 amide bonds. The van der Waals surface area contributed by atoms with E-state index < -0.39 is 0 Å². The lowest BCUT2D eigenvalue weighted by Gasteiger charge is -2.37. The molecule has 2 heteroatoms. The summed E-state index contributed by atoms with van der Waals surface area (Å²) in [5, 5.41) is 0. The summed E-state index contributed by atoms with van der Waals surface area (Å²) in [7, 11) is 0. The Labute approximate surface area is 106 Å². The van der Waals surface area contributed by atoms with Gasteiger partial charge in [-0.2, -0.15) is 0 Å². The molecule has 1 rings (SSSR count). The van der Waals surface area contributed by atoms with E-state index >= 15 is 0 Å². The van der Waals surface area contributed by atoms with E-state index in [1.54, 1.807) is 0 Å². The SMILES string of the molecule is CC(C)C1CC[C@@H](C)C[C@H]1OC(=O)C(C)(C)C. The molecule has 0 aromatic carbocycles. The fourth-order valence-electron chi connectivity index (χ4n) is 2.56. The second kappa shape index (κ2) is 5.41. The standard InChI is InChI=1S/C15H28O2/c1-10(2)12-8-7-11(3)9-13(12)17-14(16)15(4,5)6/h10-13H,7-9H2,1-6H3/t11-,12?,13-/m1/s1. The zero-order valence-electron chi connectivity index (χ0n) is 12.2. The molecule has 0 aromatic rings. The van der Waals surface area contributed by atoms with Crippen LogP contribution in [-0.2, 0) is 9.53 Å². The third-order valence-corrected chi connectivity index (χ3v) is 3.83. The Hall–Kier alpha value is -0.530. The van der Waals surface area contributed by atoms with E-state index in [0.717, 1.165) is 6.42 Å². The van der Waals surface area contributed by atoms with E-state index in [1.165, 1.54) is 12.8 Å². The van der Waals surface area contributed by atoms with Gasteiger partial charge in [0.2, 0.25) is 0 Å². The van der Waals surface area contributed by atoms with E-state index in [2.05, 4.69) is 20.8 Å². The first-order valence-electron chi connectivity index (χ1n) is 6.93. The van der Waals surface area contributed by atoms with Crippen LogP contribution in [-0.4, -0.2) is 12.1 Å². The zero-order valence-corrected chi connectivity index (χ0v) is 12.2. The van der Waals surface area contributed by atoms with Gasteiger partial charge < -0.3 is 4.74 Å². The van der Waals surface area contributed by atoms with Gasteiger partial charge in [0.15, 0.2) is 0 Å².